The van der Waals surface area contributed by atoms with Crippen LogP contribution in [0.2, 0.25) is 0 Å². The summed E-state index contributed by atoms with van der Waals surface area (Å²) in [5, 5.41) is 6.58. The van der Waals surface area contributed by atoms with E-state index < -0.39 is 0 Å². The second kappa shape index (κ2) is 4.51. The molecule has 0 aliphatic heterocycles. The summed E-state index contributed by atoms with van der Waals surface area (Å²) in [6.45, 7) is 6.19. The molecule has 86 valence electrons. The van der Waals surface area contributed by atoms with Crippen LogP contribution in [0, 0.1) is 5.92 Å². The summed E-state index contributed by atoms with van der Waals surface area (Å²) >= 11 is 0. The minimum absolute atomic E-state index is 0.168. The molecular weight excluding hydrogens is 204 g/mol. The van der Waals surface area contributed by atoms with E-state index in [9.17, 15) is 4.79 Å². The maximum Gasteiger partial charge on any atom is 0.274 e. The summed E-state index contributed by atoms with van der Waals surface area (Å²) in [7, 11) is 0. The molecule has 1 amide bonds. The van der Waals surface area contributed by atoms with Gasteiger partial charge in [0.1, 0.15) is 5.76 Å². The van der Waals surface area contributed by atoms with Gasteiger partial charge in [0, 0.05) is 18.5 Å². The van der Waals surface area contributed by atoms with Crippen molar-refractivity contribution >= 4 is 5.91 Å². The molecular formula is C12H16N2O2. The third kappa shape index (κ3) is 2.01. The smallest absolute Gasteiger partial charge is 0.274 e. The third-order valence-corrected chi connectivity index (χ3v) is 2.91. The Morgan fingerprint density at radius 2 is 2.56 bits per heavy atom. The van der Waals surface area contributed by atoms with Gasteiger partial charge in [0.15, 0.2) is 5.69 Å². The molecule has 16 heavy (non-hydrogen) atoms. The minimum Gasteiger partial charge on any atom is -0.360 e. The first-order valence-electron chi connectivity index (χ1n) is 5.59. The van der Waals surface area contributed by atoms with E-state index in [0.717, 1.165) is 30.6 Å². The fraction of sp³-hybridized carbons (Fsp3) is 0.500. The van der Waals surface area contributed by atoms with Crippen molar-refractivity contribution in [1.29, 1.82) is 0 Å². The van der Waals surface area contributed by atoms with Gasteiger partial charge in [0.05, 0.1) is 0 Å². The molecule has 0 radical (unpaired) electrons. The van der Waals surface area contributed by atoms with Crippen molar-refractivity contribution in [2.45, 2.75) is 26.2 Å². The molecule has 0 bridgehead atoms. The minimum atomic E-state index is -0.168. The second-order valence-electron chi connectivity index (χ2n) is 4.28. The number of aryl methyl sites for hydroxylation is 1. The summed E-state index contributed by atoms with van der Waals surface area (Å²) in [5.41, 5.74) is 1.43. The highest BCUT2D eigenvalue weighted by atomic mass is 16.5. The van der Waals surface area contributed by atoms with Crippen LogP contribution >= 0.6 is 0 Å². The predicted molar refractivity (Wildman–Crippen MR) is 60.2 cm³/mol. The Balaban J connectivity index is 2.19. The van der Waals surface area contributed by atoms with Crippen molar-refractivity contribution in [1.82, 2.24) is 10.5 Å². The Morgan fingerprint density at radius 3 is 3.31 bits per heavy atom. The fourth-order valence-corrected chi connectivity index (χ4v) is 2.01. The van der Waals surface area contributed by atoms with Gasteiger partial charge in [-0.25, -0.2) is 0 Å². The van der Waals surface area contributed by atoms with Gasteiger partial charge in [-0.1, -0.05) is 18.2 Å². The first-order chi connectivity index (χ1) is 7.72. The Morgan fingerprint density at radius 1 is 1.75 bits per heavy atom. The lowest BCUT2D eigenvalue weighted by Gasteiger charge is -2.16. The number of hydrogen-bond acceptors (Lipinski definition) is 3. The molecule has 1 aliphatic rings. The highest BCUT2D eigenvalue weighted by Gasteiger charge is 2.26. The van der Waals surface area contributed by atoms with Crippen molar-refractivity contribution in [3.8, 4) is 0 Å². The van der Waals surface area contributed by atoms with Crippen molar-refractivity contribution in [3.05, 3.63) is 29.7 Å². The average Bonchev–Trinajstić information content (AvgIpc) is 2.68. The molecule has 0 saturated carbocycles. The van der Waals surface area contributed by atoms with Gasteiger partial charge in [0.25, 0.3) is 5.91 Å². The molecule has 1 unspecified atom stereocenters. The Kier molecular flexibility index (Phi) is 3.08. The molecule has 4 nitrogen and oxygen atoms in total. The molecule has 1 aliphatic carbocycles. The van der Waals surface area contributed by atoms with E-state index in [1.807, 2.05) is 0 Å². The standard InChI is InChI=1S/C12H16N2O2/c1-3-6-13-12(15)11-9-7-8(2)4-5-10(9)16-14-11/h3,8H,1,4-7H2,2H3,(H,13,15). The Bertz CT molecular complexity index is 409. The lowest BCUT2D eigenvalue weighted by Crippen LogP contribution is -2.25. The van der Waals surface area contributed by atoms with Crippen LogP contribution in [0.15, 0.2) is 17.2 Å². The van der Waals surface area contributed by atoms with Crippen LogP contribution in [0.4, 0.5) is 0 Å². The number of carbonyl (C=O) groups is 1. The number of hydrogen-bond donors (Lipinski definition) is 1. The molecule has 0 aromatic carbocycles. The highest BCUT2D eigenvalue weighted by molar-refractivity contribution is 5.93. The summed E-state index contributed by atoms with van der Waals surface area (Å²) in [5.74, 6) is 1.30. The van der Waals surface area contributed by atoms with E-state index in [4.69, 9.17) is 4.52 Å². The molecule has 2 rings (SSSR count). The molecule has 4 heteroatoms. The van der Waals surface area contributed by atoms with Gasteiger partial charge in [-0.15, -0.1) is 6.58 Å². The van der Waals surface area contributed by atoms with Gasteiger partial charge >= 0.3 is 0 Å². The molecule has 1 aromatic rings. The zero-order valence-corrected chi connectivity index (χ0v) is 9.45. The number of nitrogens with one attached hydrogen (secondary N) is 1. The lowest BCUT2D eigenvalue weighted by molar-refractivity contribution is 0.0948. The van der Waals surface area contributed by atoms with E-state index >= 15 is 0 Å². The maximum absolute atomic E-state index is 11.8. The van der Waals surface area contributed by atoms with E-state index in [0.29, 0.717) is 18.2 Å². The average molecular weight is 220 g/mol. The van der Waals surface area contributed by atoms with Crippen molar-refractivity contribution < 1.29 is 9.32 Å². The summed E-state index contributed by atoms with van der Waals surface area (Å²) in [6.07, 6.45) is 4.52. The molecule has 1 heterocycles. The van der Waals surface area contributed by atoms with E-state index in [2.05, 4.69) is 24.0 Å². The summed E-state index contributed by atoms with van der Waals surface area (Å²) < 4.78 is 5.20. The van der Waals surface area contributed by atoms with Crippen LogP contribution in [0.5, 0.6) is 0 Å². The van der Waals surface area contributed by atoms with Gasteiger partial charge in [-0.05, 0) is 18.8 Å². The van der Waals surface area contributed by atoms with E-state index in [-0.39, 0.29) is 5.91 Å². The summed E-state index contributed by atoms with van der Waals surface area (Å²) in [6, 6.07) is 0. The fourth-order valence-electron chi connectivity index (χ4n) is 2.01. The monoisotopic (exact) mass is 220 g/mol. The number of carbonyl (C=O) groups excluding carboxylic acids is 1. The predicted octanol–water partition coefficient (Wildman–Crippen LogP) is 1.72. The zero-order valence-electron chi connectivity index (χ0n) is 9.45. The SMILES string of the molecule is C=CCNC(=O)c1noc2c1CC(C)CC2. The summed E-state index contributed by atoms with van der Waals surface area (Å²) in [4.78, 5) is 11.8. The largest absolute Gasteiger partial charge is 0.360 e. The van der Waals surface area contributed by atoms with Crippen molar-refractivity contribution in [3.63, 3.8) is 0 Å². The van der Waals surface area contributed by atoms with Crippen LogP contribution in [-0.4, -0.2) is 17.6 Å². The second-order valence-corrected chi connectivity index (χ2v) is 4.28. The van der Waals surface area contributed by atoms with Gasteiger partial charge in [-0.2, -0.15) is 0 Å². The van der Waals surface area contributed by atoms with E-state index in [1.54, 1.807) is 6.08 Å². The number of aromatic nitrogens is 1. The Labute approximate surface area is 94.7 Å². The first kappa shape index (κ1) is 10.9. The lowest BCUT2D eigenvalue weighted by atomic mass is 9.88. The number of rotatable bonds is 3. The van der Waals surface area contributed by atoms with Crippen LogP contribution in [0.3, 0.4) is 0 Å². The number of amides is 1. The quantitative estimate of drug-likeness (QED) is 0.789. The molecule has 1 N–H and O–H groups in total. The highest BCUT2D eigenvalue weighted by Crippen LogP contribution is 2.27. The molecule has 0 fully saturated rings. The molecule has 0 saturated heterocycles. The van der Waals surface area contributed by atoms with Gasteiger partial charge in [-0.3, -0.25) is 4.79 Å². The normalized spacial score (nSPS) is 18.9. The van der Waals surface area contributed by atoms with Crippen molar-refractivity contribution in [2.75, 3.05) is 6.54 Å². The number of fused-ring (bicyclic) bond motifs is 1. The maximum atomic E-state index is 11.8. The Hall–Kier alpha value is -1.58. The third-order valence-electron chi connectivity index (χ3n) is 2.91. The van der Waals surface area contributed by atoms with Crippen LogP contribution < -0.4 is 5.32 Å². The van der Waals surface area contributed by atoms with Gasteiger partial charge < -0.3 is 9.84 Å². The van der Waals surface area contributed by atoms with Gasteiger partial charge in [0.2, 0.25) is 0 Å². The van der Waals surface area contributed by atoms with E-state index in [1.165, 1.54) is 0 Å². The molecule has 1 aromatic heterocycles. The van der Waals surface area contributed by atoms with Crippen LogP contribution in [-0.2, 0) is 12.8 Å². The first-order valence-corrected chi connectivity index (χ1v) is 5.59. The molecule has 0 spiro atoms. The number of nitrogens with zero attached hydrogens (tertiary/aromatic N) is 1. The van der Waals surface area contributed by atoms with Crippen LogP contribution in [0.1, 0.15) is 35.2 Å². The van der Waals surface area contributed by atoms with Crippen LogP contribution in [0.25, 0.3) is 0 Å². The van der Waals surface area contributed by atoms with Crippen molar-refractivity contribution in [2.24, 2.45) is 5.92 Å². The molecule has 1 atom stereocenters. The topological polar surface area (TPSA) is 55.1 Å². The zero-order chi connectivity index (χ0) is 11.5.